The molecule has 1 fully saturated rings. The second-order valence-electron chi connectivity index (χ2n) is 6.84. The minimum absolute atomic E-state index is 0.0162. The third-order valence-electron chi connectivity index (χ3n) is 4.76. The van der Waals surface area contributed by atoms with Crippen molar-refractivity contribution in [2.45, 2.75) is 43.5 Å². The van der Waals surface area contributed by atoms with Gasteiger partial charge in [0, 0.05) is 23.3 Å². The first kappa shape index (κ1) is 19.9. The number of carbonyl (C=O) groups is 1. The normalized spacial score (nSPS) is 18.2. The number of halogens is 1. The van der Waals surface area contributed by atoms with Crippen LogP contribution in [0.5, 0.6) is 0 Å². The van der Waals surface area contributed by atoms with Crippen LogP contribution >= 0.6 is 11.6 Å². The molecule has 1 aliphatic rings. The first-order valence-electron chi connectivity index (χ1n) is 9.02. The summed E-state index contributed by atoms with van der Waals surface area (Å²) in [5.74, 6) is -0.169. The molecule has 1 heterocycles. The Morgan fingerprint density at radius 3 is 2.41 bits per heavy atom. The Kier molecular flexibility index (Phi) is 6.19. The molecule has 1 unspecified atom stereocenters. The molecule has 0 aliphatic carbocycles. The van der Waals surface area contributed by atoms with Crippen molar-refractivity contribution < 1.29 is 13.2 Å². The van der Waals surface area contributed by atoms with Gasteiger partial charge in [-0.3, -0.25) is 4.79 Å². The van der Waals surface area contributed by atoms with Gasteiger partial charge < -0.3 is 5.32 Å². The molecular formula is C20H23ClN2O3S. The zero-order valence-corrected chi connectivity index (χ0v) is 16.8. The van der Waals surface area contributed by atoms with E-state index in [1.54, 1.807) is 52.8 Å². The fourth-order valence-corrected chi connectivity index (χ4v) is 5.09. The zero-order valence-electron chi connectivity index (χ0n) is 15.2. The van der Waals surface area contributed by atoms with E-state index in [1.807, 2.05) is 6.92 Å². The van der Waals surface area contributed by atoms with Crippen molar-refractivity contribution >= 4 is 33.2 Å². The maximum Gasteiger partial charge on any atom is 0.243 e. The van der Waals surface area contributed by atoms with Crippen LogP contribution in [0.3, 0.4) is 0 Å². The Morgan fingerprint density at radius 1 is 1.11 bits per heavy atom. The molecule has 1 N–H and O–H groups in total. The summed E-state index contributed by atoms with van der Waals surface area (Å²) in [6.07, 6.45) is 3.06. The Balaban J connectivity index is 1.66. The van der Waals surface area contributed by atoms with Gasteiger partial charge in [0.2, 0.25) is 15.9 Å². The summed E-state index contributed by atoms with van der Waals surface area (Å²) in [6, 6.07) is 13.5. The molecule has 1 aliphatic heterocycles. The molecular weight excluding hydrogens is 384 g/mol. The second-order valence-corrected chi connectivity index (χ2v) is 9.16. The van der Waals surface area contributed by atoms with E-state index in [0.29, 0.717) is 17.3 Å². The molecule has 3 rings (SSSR count). The van der Waals surface area contributed by atoms with E-state index in [-0.39, 0.29) is 23.3 Å². The van der Waals surface area contributed by atoms with Crippen LogP contribution in [0, 0.1) is 0 Å². The smallest absolute Gasteiger partial charge is 0.243 e. The molecule has 7 heteroatoms. The summed E-state index contributed by atoms with van der Waals surface area (Å²) >= 11 is 5.84. The van der Waals surface area contributed by atoms with Gasteiger partial charge in [-0.15, -0.1) is 0 Å². The van der Waals surface area contributed by atoms with Gasteiger partial charge in [-0.2, -0.15) is 4.31 Å². The Hall–Kier alpha value is -1.89. The monoisotopic (exact) mass is 406 g/mol. The van der Waals surface area contributed by atoms with Crippen LogP contribution in [0.1, 0.15) is 31.7 Å². The average Bonchev–Trinajstić information content (AvgIpc) is 2.64. The third-order valence-corrected chi connectivity index (χ3v) is 7.04. The van der Waals surface area contributed by atoms with E-state index in [0.717, 1.165) is 24.8 Å². The van der Waals surface area contributed by atoms with Crippen molar-refractivity contribution in [2.75, 3.05) is 11.9 Å². The highest BCUT2D eigenvalue weighted by Gasteiger charge is 2.30. The number of nitrogens with zero attached hydrogens (tertiary/aromatic N) is 1. The van der Waals surface area contributed by atoms with Crippen molar-refractivity contribution in [3.8, 4) is 0 Å². The predicted molar refractivity (Wildman–Crippen MR) is 107 cm³/mol. The number of sulfonamides is 1. The van der Waals surface area contributed by atoms with Gasteiger partial charge in [0.1, 0.15) is 0 Å². The highest BCUT2D eigenvalue weighted by molar-refractivity contribution is 7.89. The Bertz CT molecular complexity index is 896. The van der Waals surface area contributed by atoms with E-state index < -0.39 is 10.0 Å². The Morgan fingerprint density at radius 2 is 1.78 bits per heavy atom. The quantitative estimate of drug-likeness (QED) is 0.813. The summed E-state index contributed by atoms with van der Waals surface area (Å²) in [6.45, 7) is 2.51. The first-order valence-corrected chi connectivity index (χ1v) is 10.8. The third kappa shape index (κ3) is 4.89. The highest BCUT2D eigenvalue weighted by atomic mass is 35.5. The van der Waals surface area contributed by atoms with Crippen LogP contribution in [-0.2, 0) is 21.2 Å². The molecule has 1 atom stereocenters. The first-order chi connectivity index (χ1) is 12.9. The van der Waals surface area contributed by atoms with Crippen LogP contribution in [0.25, 0.3) is 0 Å². The molecule has 5 nitrogen and oxygen atoms in total. The second kappa shape index (κ2) is 8.42. The van der Waals surface area contributed by atoms with Crippen LogP contribution in [-0.4, -0.2) is 31.2 Å². The molecule has 1 saturated heterocycles. The fraction of sp³-hybridized carbons (Fsp3) is 0.350. The minimum atomic E-state index is -3.50. The summed E-state index contributed by atoms with van der Waals surface area (Å²) in [5.41, 5.74) is 1.43. The van der Waals surface area contributed by atoms with Crippen molar-refractivity contribution in [3.05, 3.63) is 59.1 Å². The number of rotatable bonds is 5. The maximum atomic E-state index is 12.8. The van der Waals surface area contributed by atoms with Gasteiger partial charge in [-0.05, 0) is 61.7 Å². The molecule has 0 saturated carbocycles. The van der Waals surface area contributed by atoms with E-state index in [2.05, 4.69) is 5.32 Å². The van der Waals surface area contributed by atoms with Gasteiger partial charge in [-0.25, -0.2) is 8.42 Å². The van der Waals surface area contributed by atoms with Crippen LogP contribution in [0.2, 0.25) is 5.02 Å². The molecule has 2 aromatic rings. The van der Waals surface area contributed by atoms with Gasteiger partial charge in [0.15, 0.2) is 0 Å². The van der Waals surface area contributed by atoms with Crippen molar-refractivity contribution in [1.29, 1.82) is 0 Å². The van der Waals surface area contributed by atoms with E-state index in [9.17, 15) is 13.2 Å². The predicted octanol–water partition coefficient (Wildman–Crippen LogP) is 4.08. The average molecular weight is 407 g/mol. The highest BCUT2D eigenvalue weighted by Crippen LogP contribution is 2.26. The standard InChI is InChI=1S/C20H23ClN2O3S/c1-15-4-2-3-13-23(15)27(25,26)19-11-9-18(10-12-19)22-20(24)14-16-5-7-17(21)8-6-16/h5-12,15H,2-4,13-14H2,1H3,(H,22,24). The lowest BCUT2D eigenvalue weighted by Gasteiger charge is -2.32. The van der Waals surface area contributed by atoms with E-state index >= 15 is 0 Å². The van der Waals surface area contributed by atoms with E-state index in [4.69, 9.17) is 11.6 Å². The molecule has 27 heavy (non-hydrogen) atoms. The Labute approximate surface area is 165 Å². The number of piperidine rings is 1. The summed E-state index contributed by atoms with van der Waals surface area (Å²) < 4.78 is 27.2. The van der Waals surface area contributed by atoms with Gasteiger partial charge in [0.05, 0.1) is 11.3 Å². The number of anilines is 1. The number of hydrogen-bond donors (Lipinski definition) is 1. The number of hydrogen-bond acceptors (Lipinski definition) is 3. The summed E-state index contributed by atoms with van der Waals surface area (Å²) in [5, 5.41) is 3.42. The van der Waals surface area contributed by atoms with Gasteiger partial charge >= 0.3 is 0 Å². The number of carbonyl (C=O) groups excluding carboxylic acids is 1. The van der Waals surface area contributed by atoms with Gasteiger partial charge in [-0.1, -0.05) is 30.2 Å². The largest absolute Gasteiger partial charge is 0.326 e. The van der Waals surface area contributed by atoms with E-state index in [1.165, 1.54) is 0 Å². The lowest BCUT2D eigenvalue weighted by atomic mass is 10.1. The van der Waals surface area contributed by atoms with Gasteiger partial charge in [0.25, 0.3) is 0 Å². The van der Waals surface area contributed by atoms with Crippen LogP contribution in [0.4, 0.5) is 5.69 Å². The fourth-order valence-electron chi connectivity index (χ4n) is 3.27. The maximum absolute atomic E-state index is 12.8. The summed E-state index contributed by atoms with van der Waals surface area (Å²) in [4.78, 5) is 12.4. The molecule has 1 amide bonds. The van der Waals surface area contributed by atoms with Crippen molar-refractivity contribution in [3.63, 3.8) is 0 Å². The van der Waals surface area contributed by atoms with Crippen molar-refractivity contribution in [2.24, 2.45) is 0 Å². The lowest BCUT2D eigenvalue weighted by molar-refractivity contribution is -0.115. The minimum Gasteiger partial charge on any atom is -0.326 e. The summed E-state index contributed by atoms with van der Waals surface area (Å²) in [7, 11) is -3.50. The molecule has 144 valence electrons. The molecule has 0 bridgehead atoms. The topological polar surface area (TPSA) is 66.5 Å². The molecule has 2 aromatic carbocycles. The lowest BCUT2D eigenvalue weighted by Crippen LogP contribution is -2.41. The molecule has 0 aromatic heterocycles. The molecule has 0 radical (unpaired) electrons. The van der Waals surface area contributed by atoms with Crippen LogP contribution < -0.4 is 5.32 Å². The van der Waals surface area contributed by atoms with Crippen LogP contribution in [0.15, 0.2) is 53.4 Å². The zero-order chi connectivity index (χ0) is 19.4. The molecule has 0 spiro atoms. The number of amides is 1. The SMILES string of the molecule is CC1CCCCN1S(=O)(=O)c1ccc(NC(=O)Cc2ccc(Cl)cc2)cc1. The number of nitrogens with one attached hydrogen (secondary N) is 1. The number of benzene rings is 2. The van der Waals surface area contributed by atoms with Crippen molar-refractivity contribution in [1.82, 2.24) is 4.31 Å².